The van der Waals surface area contributed by atoms with Gasteiger partial charge in [-0.25, -0.2) is 4.98 Å². The molecular formula is C14H25N3O2. The van der Waals surface area contributed by atoms with Crippen LogP contribution in [0.3, 0.4) is 0 Å². The molecule has 19 heavy (non-hydrogen) atoms. The number of hydrogen-bond acceptors (Lipinski definition) is 5. The zero-order chi connectivity index (χ0) is 13.9. The van der Waals surface area contributed by atoms with Crippen LogP contribution >= 0.6 is 0 Å². The van der Waals surface area contributed by atoms with Crippen molar-refractivity contribution in [1.29, 1.82) is 0 Å². The monoisotopic (exact) mass is 267 g/mol. The zero-order valence-corrected chi connectivity index (χ0v) is 12.2. The maximum atomic E-state index is 5.02. The van der Waals surface area contributed by atoms with Gasteiger partial charge >= 0.3 is 0 Å². The molecule has 1 aromatic rings. The summed E-state index contributed by atoms with van der Waals surface area (Å²) < 4.78 is 10.0. The Morgan fingerprint density at radius 3 is 1.84 bits per heavy atom. The lowest BCUT2D eigenvalue weighted by atomic mass is 10.2. The Hall–Kier alpha value is -1.33. The summed E-state index contributed by atoms with van der Waals surface area (Å²) in [5.41, 5.74) is 1.19. The fourth-order valence-corrected chi connectivity index (χ4v) is 1.71. The Kier molecular flexibility index (Phi) is 7.93. The Morgan fingerprint density at radius 2 is 1.42 bits per heavy atom. The van der Waals surface area contributed by atoms with Crippen molar-refractivity contribution in [3.05, 3.63) is 17.7 Å². The number of aromatic nitrogens is 1. The van der Waals surface area contributed by atoms with E-state index in [-0.39, 0.29) is 0 Å². The van der Waals surface area contributed by atoms with E-state index in [1.54, 1.807) is 14.2 Å². The number of anilines is 2. The van der Waals surface area contributed by atoms with Gasteiger partial charge in [0.15, 0.2) is 0 Å². The van der Waals surface area contributed by atoms with Crippen LogP contribution in [0.15, 0.2) is 12.1 Å². The SMILES string of the molecule is COCCCNc1cc(C)cc(NCCCOC)n1. The quantitative estimate of drug-likeness (QED) is 0.637. The van der Waals surface area contributed by atoms with Gasteiger partial charge in [-0.3, -0.25) is 0 Å². The second kappa shape index (κ2) is 9.58. The molecule has 2 N–H and O–H groups in total. The highest BCUT2D eigenvalue weighted by molar-refractivity contribution is 5.48. The van der Waals surface area contributed by atoms with Gasteiger partial charge in [-0.05, 0) is 37.5 Å². The fourth-order valence-electron chi connectivity index (χ4n) is 1.71. The third-order valence-electron chi connectivity index (χ3n) is 2.63. The lowest BCUT2D eigenvalue weighted by Gasteiger charge is -2.10. The van der Waals surface area contributed by atoms with Crippen molar-refractivity contribution in [1.82, 2.24) is 4.98 Å². The molecule has 0 unspecified atom stereocenters. The molecule has 0 fully saturated rings. The first kappa shape index (κ1) is 15.7. The smallest absolute Gasteiger partial charge is 0.128 e. The molecule has 0 aliphatic rings. The van der Waals surface area contributed by atoms with Crippen LogP contribution in [0.25, 0.3) is 0 Å². The third-order valence-corrected chi connectivity index (χ3v) is 2.63. The van der Waals surface area contributed by atoms with Crippen LogP contribution in [0.2, 0.25) is 0 Å². The largest absolute Gasteiger partial charge is 0.385 e. The predicted molar refractivity (Wildman–Crippen MR) is 78.9 cm³/mol. The molecule has 0 aromatic carbocycles. The first-order valence-corrected chi connectivity index (χ1v) is 6.70. The van der Waals surface area contributed by atoms with E-state index in [4.69, 9.17) is 9.47 Å². The van der Waals surface area contributed by atoms with Gasteiger partial charge in [0.05, 0.1) is 0 Å². The van der Waals surface area contributed by atoms with Crippen molar-refractivity contribution in [2.75, 3.05) is 51.2 Å². The summed E-state index contributed by atoms with van der Waals surface area (Å²) in [7, 11) is 3.43. The predicted octanol–water partition coefficient (Wildman–Crippen LogP) is 2.29. The number of rotatable bonds is 10. The summed E-state index contributed by atoms with van der Waals surface area (Å²) in [4.78, 5) is 4.53. The molecule has 0 aliphatic heterocycles. The molecule has 108 valence electrons. The third kappa shape index (κ3) is 6.98. The highest BCUT2D eigenvalue weighted by atomic mass is 16.5. The van der Waals surface area contributed by atoms with Crippen LogP contribution in [-0.4, -0.2) is 45.5 Å². The molecule has 0 aliphatic carbocycles. The van der Waals surface area contributed by atoms with Gasteiger partial charge in [-0.2, -0.15) is 0 Å². The van der Waals surface area contributed by atoms with Gasteiger partial charge in [-0.15, -0.1) is 0 Å². The molecule has 1 rings (SSSR count). The molecule has 0 spiro atoms. The second-order valence-corrected chi connectivity index (χ2v) is 4.46. The van der Waals surface area contributed by atoms with Crippen molar-refractivity contribution < 1.29 is 9.47 Å². The summed E-state index contributed by atoms with van der Waals surface area (Å²) >= 11 is 0. The van der Waals surface area contributed by atoms with Gasteiger partial charge < -0.3 is 20.1 Å². The molecule has 0 saturated heterocycles. The lowest BCUT2D eigenvalue weighted by Crippen LogP contribution is -2.09. The van der Waals surface area contributed by atoms with Gasteiger partial charge in [0.1, 0.15) is 11.6 Å². The van der Waals surface area contributed by atoms with Crippen LogP contribution in [-0.2, 0) is 9.47 Å². The highest BCUT2D eigenvalue weighted by Gasteiger charge is 2.00. The van der Waals surface area contributed by atoms with E-state index < -0.39 is 0 Å². The number of aryl methyl sites for hydroxylation is 1. The molecule has 0 bridgehead atoms. The van der Waals surface area contributed by atoms with Crippen molar-refractivity contribution in [3.63, 3.8) is 0 Å². The molecule has 0 saturated carbocycles. The molecule has 0 atom stereocenters. The maximum absolute atomic E-state index is 5.02. The standard InChI is InChI=1S/C14H25N3O2/c1-12-10-13(15-6-4-8-18-2)17-14(11-12)16-7-5-9-19-3/h10-11H,4-9H2,1-3H3,(H2,15,16,17). The number of pyridine rings is 1. The van der Waals surface area contributed by atoms with Gasteiger partial charge in [0, 0.05) is 40.5 Å². The first-order chi connectivity index (χ1) is 9.26. The van der Waals surface area contributed by atoms with Gasteiger partial charge in [0.2, 0.25) is 0 Å². The molecule has 1 aromatic heterocycles. The molecule has 5 nitrogen and oxygen atoms in total. The Balaban J connectivity index is 2.41. The van der Waals surface area contributed by atoms with E-state index in [9.17, 15) is 0 Å². The molecule has 0 radical (unpaired) electrons. The number of methoxy groups -OCH3 is 2. The summed E-state index contributed by atoms with van der Waals surface area (Å²) in [6, 6.07) is 4.10. The van der Waals surface area contributed by atoms with Crippen molar-refractivity contribution >= 4 is 11.6 Å². The van der Waals surface area contributed by atoms with Crippen LogP contribution < -0.4 is 10.6 Å². The van der Waals surface area contributed by atoms with Crippen molar-refractivity contribution in [3.8, 4) is 0 Å². The van der Waals surface area contributed by atoms with Crippen LogP contribution in [0, 0.1) is 6.92 Å². The minimum absolute atomic E-state index is 0.765. The topological polar surface area (TPSA) is 55.4 Å². The summed E-state index contributed by atoms with van der Waals surface area (Å²) in [5, 5.41) is 6.61. The summed E-state index contributed by atoms with van der Waals surface area (Å²) in [6.07, 6.45) is 1.95. The normalized spacial score (nSPS) is 10.5. The fraction of sp³-hybridized carbons (Fsp3) is 0.643. The Labute approximate surface area is 115 Å². The van der Waals surface area contributed by atoms with E-state index in [2.05, 4.69) is 22.5 Å². The lowest BCUT2D eigenvalue weighted by molar-refractivity contribution is 0.197. The maximum Gasteiger partial charge on any atom is 0.128 e. The van der Waals surface area contributed by atoms with Crippen LogP contribution in [0.4, 0.5) is 11.6 Å². The van der Waals surface area contributed by atoms with E-state index in [0.29, 0.717) is 0 Å². The molecule has 0 amide bonds. The number of nitrogens with zero attached hydrogens (tertiary/aromatic N) is 1. The van der Waals surface area contributed by atoms with Gasteiger partial charge in [-0.1, -0.05) is 0 Å². The Morgan fingerprint density at radius 1 is 0.947 bits per heavy atom. The first-order valence-electron chi connectivity index (χ1n) is 6.70. The highest BCUT2D eigenvalue weighted by Crippen LogP contribution is 2.13. The molecule has 1 heterocycles. The Bertz CT molecular complexity index is 328. The molecular weight excluding hydrogens is 242 g/mol. The van der Waals surface area contributed by atoms with Crippen LogP contribution in [0.5, 0.6) is 0 Å². The average molecular weight is 267 g/mol. The van der Waals surface area contributed by atoms with E-state index >= 15 is 0 Å². The van der Waals surface area contributed by atoms with E-state index in [1.807, 2.05) is 12.1 Å². The second-order valence-electron chi connectivity index (χ2n) is 4.46. The number of nitrogens with one attached hydrogen (secondary N) is 2. The van der Waals surface area contributed by atoms with Crippen molar-refractivity contribution in [2.24, 2.45) is 0 Å². The number of hydrogen-bond donors (Lipinski definition) is 2. The zero-order valence-electron chi connectivity index (χ0n) is 12.2. The van der Waals surface area contributed by atoms with Crippen molar-refractivity contribution in [2.45, 2.75) is 19.8 Å². The minimum atomic E-state index is 0.765. The average Bonchev–Trinajstić information content (AvgIpc) is 2.39. The van der Waals surface area contributed by atoms with E-state index in [0.717, 1.165) is 50.8 Å². The summed E-state index contributed by atoms with van der Waals surface area (Å²) in [5.74, 6) is 1.82. The van der Waals surface area contributed by atoms with E-state index in [1.165, 1.54) is 5.56 Å². The minimum Gasteiger partial charge on any atom is -0.385 e. The van der Waals surface area contributed by atoms with Crippen LogP contribution in [0.1, 0.15) is 18.4 Å². The summed E-state index contributed by atoms with van der Waals surface area (Å²) in [6.45, 7) is 5.34. The molecule has 5 heteroatoms. The van der Waals surface area contributed by atoms with Gasteiger partial charge in [0.25, 0.3) is 0 Å². The number of ether oxygens (including phenoxy) is 2.